The van der Waals surface area contributed by atoms with Crippen molar-refractivity contribution in [2.45, 2.75) is 44.6 Å². The van der Waals surface area contributed by atoms with Gasteiger partial charge in [0.1, 0.15) is 17.7 Å². The number of aromatic nitrogens is 4. The van der Waals surface area contributed by atoms with Gasteiger partial charge in [0.2, 0.25) is 10.0 Å². The highest BCUT2D eigenvalue weighted by Crippen LogP contribution is 2.41. The molecule has 0 saturated carbocycles. The average Bonchev–Trinajstić information content (AvgIpc) is 3.70. The second-order valence-electron chi connectivity index (χ2n) is 12.1. The minimum absolute atomic E-state index is 0.00136. The van der Waals surface area contributed by atoms with E-state index in [0.717, 1.165) is 11.1 Å². The number of hydrogen-bond donors (Lipinski definition) is 0. The van der Waals surface area contributed by atoms with Crippen LogP contribution in [0.5, 0.6) is 0 Å². The van der Waals surface area contributed by atoms with Crippen LogP contribution in [0.1, 0.15) is 66.1 Å². The molecular formula is C34H35N7O5S. The van der Waals surface area contributed by atoms with E-state index in [-0.39, 0.29) is 43.7 Å². The lowest BCUT2D eigenvalue weighted by atomic mass is 9.89. The van der Waals surface area contributed by atoms with Crippen molar-refractivity contribution in [3.8, 4) is 17.3 Å². The summed E-state index contributed by atoms with van der Waals surface area (Å²) in [5.41, 5.74) is 3.31. The number of hydrogen-bond acceptors (Lipinski definition) is 10. The maximum Gasteiger partial charge on any atom is 0.314 e. The van der Waals surface area contributed by atoms with Crippen molar-refractivity contribution in [2.24, 2.45) is 0 Å². The second kappa shape index (κ2) is 12.7. The quantitative estimate of drug-likeness (QED) is 0.171. The molecule has 6 rings (SSSR count). The minimum Gasteiger partial charge on any atom is -0.444 e. The SMILES string of the molecule is CCS(=O)(=O)N1CC(CC#N)(n2cc(-c3ncnc4c3C(C)CN4COC(=O)C(C)c3cccc(C(=O)c4ccccc4)c3)cn2)C1. The van der Waals surface area contributed by atoms with Crippen molar-refractivity contribution >= 4 is 27.6 Å². The first kappa shape index (κ1) is 32.0. The summed E-state index contributed by atoms with van der Waals surface area (Å²) in [7, 11) is -3.37. The Balaban J connectivity index is 1.16. The molecule has 12 nitrogen and oxygen atoms in total. The normalized spacial score (nSPS) is 17.7. The number of nitriles is 1. The molecule has 13 heteroatoms. The summed E-state index contributed by atoms with van der Waals surface area (Å²) in [6.07, 6.45) is 5.06. The maximum atomic E-state index is 13.2. The fourth-order valence-corrected chi connectivity index (χ4v) is 7.47. The summed E-state index contributed by atoms with van der Waals surface area (Å²) in [6.45, 7) is 6.31. The Morgan fingerprint density at radius 3 is 2.57 bits per heavy atom. The van der Waals surface area contributed by atoms with Crippen molar-refractivity contribution in [3.05, 3.63) is 95.6 Å². The van der Waals surface area contributed by atoms with Crippen LogP contribution < -0.4 is 4.90 Å². The number of fused-ring (bicyclic) bond motifs is 1. The summed E-state index contributed by atoms with van der Waals surface area (Å²) in [6, 6.07) is 18.2. The van der Waals surface area contributed by atoms with Gasteiger partial charge in [-0.05, 0) is 25.5 Å². The van der Waals surface area contributed by atoms with Gasteiger partial charge in [-0.3, -0.25) is 14.3 Å². The Hall–Kier alpha value is -4.93. The van der Waals surface area contributed by atoms with Crippen LogP contribution in [-0.4, -0.2) is 76.3 Å². The molecular weight excluding hydrogens is 618 g/mol. The second-order valence-corrected chi connectivity index (χ2v) is 14.4. The number of anilines is 1. The molecule has 0 spiro atoms. The van der Waals surface area contributed by atoms with Gasteiger partial charge in [-0.25, -0.2) is 18.4 Å². The van der Waals surface area contributed by atoms with E-state index in [4.69, 9.17) is 4.74 Å². The largest absolute Gasteiger partial charge is 0.444 e. The molecule has 0 bridgehead atoms. The molecule has 2 aromatic heterocycles. The van der Waals surface area contributed by atoms with E-state index in [1.165, 1.54) is 10.6 Å². The van der Waals surface area contributed by atoms with Crippen LogP contribution >= 0.6 is 0 Å². The predicted octanol–water partition coefficient (Wildman–Crippen LogP) is 4.07. The smallest absolute Gasteiger partial charge is 0.314 e. The van der Waals surface area contributed by atoms with Crippen LogP contribution in [0.15, 0.2) is 73.3 Å². The lowest BCUT2D eigenvalue weighted by Crippen LogP contribution is -2.64. The van der Waals surface area contributed by atoms with Crippen LogP contribution in [0.2, 0.25) is 0 Å². The summed E-state index contributed by atoms with van der Waals surface area (Å²) in [5, 5.41) is 14.1. The van der Waals surface area contributed by atoms with Gasteiger partial charge in [-0.15, -0.1) is 0 Å². The van der Waals surface area contributed by atoms with E-state index < -0.39 is 27.4 Å². The van der Waals surface area contributed by atoms with E-state index in [1.54, 1.807) is 55.1 Å². The predicted molar refractivity (Wildman–Crippen MR) is 174 cm³/mol. The lowest BCUT2D eigenvalue weighted by molar-refractivity contribution is -0.145. The summed E-state index contributed by atoms with van der Waals surface area (Å²) >= 11 is 0. The highest BCUT2D eigenvalue weighted by molar-refractivity contribution is 7.89. The third-order valence-electron chi connectivity index (χ3n) is 9.00. The minimum atomic E-state index is -3.37. The van der Waals surface area contributed by atoms with Crippen molar-refractivity contribution in [2.75, 3.05) is 37.0 Å². The van der Waals surface area contributed by atoms with Gasteiger partial charge in [-0.1, -0.05) is 55.5 Å². The molecule has 2 aliphatic heterocycles. The zero-order valence-corrected chi connectivity index (χ0v) is 27.2. The van der Waals surface area contributed by atoms with Crippen molar-refractivity contribution in [1.82, 2.24) is 24.1 Å². The zero-order chi connectivity index (χ0) is 33.3. The van der Waals surface area contributed by atoms with Crippen LogP contribution in [-0.2, 0) is 25.1 Å². The number of carbonyl (C=O) groups excluding carboxylic acids is 2. The van der Waals surface area contributed by atoms with Gasteiger partial charge in [-0.2, -0.15) is 14.7 Å². The fraction of sp³-hybridized carbons (Fsp3) is 0.353. The topological polar surface area (TPSA) is 151 Å². The molecule has 4 heterocycles. The molecule has 0 aliphatic carbocycles. The Labute approximate surface area is 273 Å². The Kier molecular flexibility index (Phi) is 8.65. The van der Waals surface area contributed by atoms with Crippen LogP contribution in [0.25, 0.3) is 11.3 Å². The van der Waals surface area contributed by atoms with Crippen molar-refractivity contribution in [1.29, 1.82) is 5.26 Å². The molecule has 1 saturated heterocycles. The van der Waals surface area contributed by atoms with Crippen molar-refractivity contribution in [3.63, 3.8) is 0 Å². The average molecular weight is 654 g/mol. The van der Waals surface area contributed by atoms with E-state index in [0.29, 0.717) is 34.7 Å². The lowest BCUT2D eigenvalue weighted by Gasteiger charge is -2.47. The first-order chi connectivity index (χ1) is 22.6. The van der Waals surface area contributed by atoms with Gasteiger partial charge >= 0.3 is 5.97 Å². The molecule has 0 N–H and O–H groups in total. The van der Waals surface area contributed by atoms with Gasteiger partial charge in [0.05, 0.1) is 36.1 Å². The Bertz CT molecular complexity index is 1970. The van der Waals surface area contributed by atoms with Gasteiger partial charge < -0.3 is 9.64 Å². The Morgan fingerprint density at radius 1 is 1.11 bits per heavy atom. The molecule has 4 aromatic rings. The standard InChI is InChI=1S/C34H35N7O5S/c1-4-47(44,45)40-19-34(20-40,13-14-35)41-18-28(16-38-41)30-29-23(2)17-39(32(29)37-21-36-30)22-46-33(43)24(3)26-11-8-12-27(15-26)31(42)25-9-6-5-7-10-25/h5-12,15-16,18,21,23-24H,4,13,17,19-20,22H2,1-3H3. The third-order valence-corrected chi connectivity index (χ3v) is 10.8. The highest BCUT2D eigenvalue weighted by Gasteiger charge is 2.50. The number of benzene rings is 2. The van der Waals surface area contributed by atoms with E-state index >= 15 is 0 Å². The number of esters is 1. The van der Waals surface area contributed by atoms with E-state index in [2.05, 4.69) is 21.1 Å². The van der Waals surface area contributed by atoms with Crippen LogP contribution in [0, 0.1) is 11.3 Å². The first-order valence-corrected chi connectivity index (χ1v) is 17.0. The molecule has 2 unspecified atom stereocenters. The number of ether oxygens (including phenoxy) is 1. The monoisotopic (exact) mass is 653 g/mol. The molecule has 1 fully saturated rings. The molecule has 2 aliphatic rings. The number of sulfonamides is 1. The summed E-state index contributed by atoms with van der Waals surface area (Å²) in [4.78, 5) is 37.1. The Morgan fingerprint density at radius 2 is 1.85 bits per heavy atom. The van der Waals surface area contributed by atoms with Crippen molar-refractivity contribution < 1.29 is 22.7 Å². The summed E-state index contributed by atoms with van der Waals surface area (Å²) < 4.78 is 33.6. The summed E-state index contributed by atoms with van der Waals surface area (Å²) in [5.74, 6) is -0.465. The molecule has 47 heavy (non-hydrogen) atoms. The van der Waals surface area contributed by atoms with Gasteiger partial charge in [0, 0.05) is 54.0 Å². The van der Waals surface area contributed by atoms with Crippen LogP contribution in [0.3, 0.4) is 0 Å². The van der Waals surface area contributed by atoms with E-state index in [9.17, 15) is 23.3 Å². The third kappa shape index (κ3) is 6.02. The number of rotatable bonds is 11. The van der Waals surface area contributed by atoms with Gasteiger partial charge in [0.25, 0.3) is 0 Å². The number of nitrogens with zero attached hydrogens (tertiary/aromatic N) is 7. The molecule has 2 atom stereocenters. The highest BCUT2D eigenvalue weighted by atomic mass is 32.2. The first-order valence-electron chi connectivity index (χ1n) is 15.4. The van der Waals surface area contributed by atoms with Crippen LogP contribution in [0.4, 0.5) is 5.82 Å². The maximum absolute atomic E-state index is 13.2. The van der Waals surface area contributed by atoms with Gasteiger partial charge in [0.15, 0.2) is 12.5 Å². The fourth-order valence-electron chi connectivity index (χ4n) is 6.23. The zero-order valence-electron chi connectivity index (χ0n) is 26.4. The molecule has 0 amide bonds. The number of carbonyl (C=O) groups is 2. The molecule has 242 valence electrons. The molecule has 2 aromatic carbocycles. The number of ketones is 1. The molecule has 0 radical (unpaired) electrons. The van der Waals surface area contributed by atoms with E-state index in [1.807, 2.05) is 42.3 Å².